The molecule has 3 aromatic carbocycles. The molecule has 0 bridgehead atoms. The van der Waals surface area contributed by atoms with Gasteiger partial charge in [-0.1, -0.05) is 61.5 Å². The van der Waals surface area contributed by atoms with Gasteiger partial charge in [-0.3, -0.25) is 9.65 Å². The molecule has 0 radical (unpaired) electrons. The van der Waals surface area contributed by atoms with Crippen molar-refractivity contribution in [3.63, 3.8) is 0 Å². The highest BCUT2D eigenvalue weighted by Gasteiger charge is 2.30. The Hall–Kier alpha value is -2.35. The molecule has 0 aliphatic carbocycles. The van der Waals surface area contributed by atoms with Crippen molar-refractivity contribution >= 4 is 17.9 Å². The smallest absolute Gasteiger partial charge is 0.205 e. The van der Waals surface area contributed by atoms with Crippen LogP contribution in [-0.2, 0) is 4.57 Å². The van der Waals surface area contributed by atoms with Gasteiger partial charge < -0.3 is 4.74 Å². The van der Waals surface area contributed by atoms with Crippen molar-refractivity contribution in [2.24, 2.45) is 0 Å². The SMILES string of the molecule is CCC(NP(=O)(c1ccccc1)c1ccccc1)c1ccccc1OC. The molecule has 0 aliphatic rings. The van der Waals surface area contributed by atoms with E-state index in [0.29, 0.717) is 0 Å². The second kappa shape index (κ2) is 8.35. The van der Waals surface area contributed by atoms with Gasteiger partial charge in [0.15, 0.2) is 0 Å². The molecule has 0 saturated carbocycles. The number of hydrogen-bond donors (Lipinski definition) is 1. The fraction of sp³-hybridized carbons (Fsp3) is 0.182. The first-order valence-corrected chi connectivity index (χ1v) is 10.5. The Morgan fingerprint density at radius 1 is 0.846 bits per heavy atom. The van der Waals surface area contributed by atoms with E-state index < -0.39 is 7.29 Å². The Morgan fingerprint density at radius 2 is 1.35 bits per heavy atom. The van der Waals surface area contributed by atoms with Crippen LogP contribution in [0.2, 0.25) is 0 Å². The molecule has 0 aliphatic heterocycles. The zero-order chi connectivity index (χ0) is 18.4. The number of hydrogen-bond acceptors (Lipinski definition) is 2. The first-order valence-electron chi connectivity index (χ1n) is 8.81. The Labute approximate surface area is 155 Å². The molecule has 0 heterocycles. The number of rotatable bonds is 7. The van der Waals surface area contributed by atoms with Gasteiger partial charge in [-0.15, -0.1) is 0 Å². The molecule has 0 amide bonds. The van der Waals surface area contributed by atoms with E-state index in [9.17, 15) is 4.57 Å². The second-order valence-electron chi connectivity index (χ2n) is 6.11. The Bertz CT molecular complexity index is 837. The van der Waals surface area contributed by atoms with Gasteiger partial charge in [0.2, 0.25) is 7.29 Å². The Balaban J connectivity index is 2.07. The summed E-state index contributed by atoms with van der Waals surface area (Å²) in [6.07, 6.45) is 0.796. The van der Waals surface area contributed by atoms with Crippen molar-refractivity contribution < 1.29 is 9.30 Å². The van der Waals surface area contributed by atoms with E-state index in [4.69, 9.17) is 4.74 Å². The molecule has 1 N–H and O–H groups in total. The minimum atomic E-state index is -3.00. The maximum absolute atomic E-state index is 14.2. The van der Waals surface area contributed by atoms with Gasteiger partial charge >= 0.3 is 0 Å². The van der Waals surface area contributed by atoms with E-state index in [0.717, 1.165) is 28.3 Å². The van der Waals surface area contributed by atoms with Gasteiger partial charge in [-0.2, -0.15) is 0 Å². The molecule has 1 unspecified atom stereocenters. The second-order valence-corrected chi connectivity index (χ2v) is 8.62. The fourth-order valence-corrected chi connectivity index (χ4v) is 5.67. The highest BCUT2D eigenvalue weighted by molar-refractivity contribution is 7.76. The van der Waals surface area contributed by atoms with Gasteiger partial charge in [0.05, 0.1) is 7.11 Å². The summed E-state index contributed by atoms with van der Waals surface area (Å²) in [5.41, 5.74) is 1.02. The molecule has 3 rings (SSSR count). The summed E-state index contributed by atoms with van der Waals surface area (Å²) >= 11 is 0. The van der Waals surface area contributed by atoms with Crippen LogP contribution in [0.15, 0.2) is 84.9 Å². The normalized spacial score (nSPS) is 12.5. The summed E-state index contributed by atoms with van der Waals surface area (Å²) in [5.74, 6) is 0.805. The van der Waals surface area contributed by atoms with Crippen molar-refractivity contribution in [1.29, 1.82) is 0 Å². The lowest BCUT2D eigenvalue weighted by Gasteiger charge is -2.27. The predicted octanol–water partition coefficient (Wildman–Crippen LogP) is 4.67. The van der Waals surface area contributed by atoms with Crippen LogP contribution in [0.25, 0.3) is 0 Å². The number of ether oxygens (including phenoxy) is 1. The maximum Gasteiger partial charge on any atom is 0.205 e. The van der Waals surface area contributed by atoms with Crippen LogP contribution in [0, 0.1) is 0 Å². The molecule has 3 aromatic rings. The molecule has 3 nitrogen and oxygen atoms in total. The molecular weight excluding hydrogens is 341 g/mol. The summed E-state index contributed by atoms with van der Waals surface area (Å²) < 4.78 is 19.7. The quantitative estimate of drug-likeness (QED) is 0.619. The van der Waals surface area contributed by atoms with Crippen LogP contribution >= 0.6 is 7.29 Å². The van der Waals surface area contributed by atoms with Gasteiger partial charge in [-0.05, 0) is 36.8 Å². The zero-order valence-corrected chi connectivity index (χ0v) is 16.0. The van der Waals surface area contributed by atoms with E-state index >= 15 is 0 Å². The molecule has 4 heteroatoms. The highest BCUT2D eigenvalue weighted by atomic mass is 31.2. The molecule has 0 saturated heterocycles. The van der Waals surface area contributed by atoms with Crippen LogP contribution in [0.5, 0.6) is 5.75 Å². The lowest BCUT2D eigenvalue weighted by Crippen LogP contribution is -2.30. The van der Waals surface area contributed by atoms with E-state index in [2.05, 4.69) is 12.0 Å². The molecule has 0 spiro atoms. The monoisotopic (exact) mass is 365 g/mol. The predicted molar refractivity (Wildman–Crippen MR) is 109 cm³/mol. The van der Waals surface area contributed by atoms with Crippen molar-refractivity contribution in [3.05, 3.63) is 90.5 Å². The molecule has 1 atom stereocenters. The largest absolute Gasteiger partial charge is 0.496 e. The summed E-state index contributed by atoms with van der Waals surface area (Å²) in [4.78, 5) is 0. The average Bonchev–Trinajstić information content (AvgIpc) is 2.73. The molecule has 134 valence electrons. The standard InChI is InChI=1S/C22H24NO2P/c1-3-21(20-16-10-11-17-22(20)25-2)23-26(24,18-12-6-4-7-13-18)19-14-8-5-9-15-19/h4-17,21H,3H2,1-2H3,(H,23,24). The van der Waals surface area contributed by atoms with Gasteiger partial charge in [0.1, 0.15) is 5.75 Å². The molecular formula is C22H24NO2P. The zero-order valence-electron chi connectivity index (χ0n) is 15.1. The minimum absolute atomic E-state index is 0.0857. The van der Waals surface area contributed by atoms with Crippen molar-refractivity contribution in [1.82, 2.24) is 5.09 Å². The number of nitrogens with one attached hydrogen (secondary N) is 1. The third-order valence-corrected chi connectivity index (χ3v) is 7.23. The third kappa shape index (κ3) is 3.75. The van der Waals surface area contributed by atoms with Crippen LogP contribution in [0.4, 0.5) is 0 Å². The number of para-hydroxylation sites is 1. The van der Waals surface area contributed by atoms with Crippen LogP contribution in [0.1, 0.15) is 24.9 Å². The van der Waals surface area contributed by atoms with E-state index in [1.54, 1.807) is 7.11 Å². The van der Waals surface area contributed by atoms with E-state index in [1.165, 1.54) is 0 Å². The fourth-order valence-electron chi connectivity index (χ4n) is 3.13. The maximum atomic E-state index is 14.2. The van der Waals surface area contributed by atoms with Gasteiger partial charge in [-0.25, -0.2) is 0 Å². The van der Waals surface area contributed by atoms with E-state index in [-0.39, 0.29) is 6.04 Å². The summed E-state index contributed by atoms with van der Waals surface area (Å²) in [6.45, 7) is 2.09. The van der Waals surface area contributed by atoms with Gasteiger partial charge in [0.25, 0.3) is 0 Å². The third-order valence-electron chi connectivity index (χ3n) is 4.50. The first kappa shape index (κ1) is 18.4. The lowest BCUT2D eigenvalue weighted by atomic mass is 10.0. The van der Waals surface area contributed by atoms with Crippen molar-refractivity contribution in [2.45, 2.75) is 19.4 Å². The summed E-state index contributed by atoms with van der Waals surface area (Å²) in [7, 11) is -1.33. The molecule has 0 fully saturated rings. The topological polar surface area (TPSA) is 38.3 Å². The molecule has 0 aromatic heterocycles. The van der Waals surface area contributed by atoms with Crippen molar-refractivity contribution in [3.8, 4) is 5.75 Å². The first-order chi connectivity index (χ1) is 12.7. The minimum Gasteiger partial charge on any atom is -0.496 e. The van der Waals surface area contributed by atoms with Crippen LogP contribution in [0.3, 0.4) is 0 Å². The van der Waals surface area contributed by atoms with E-state index in [1.807, 2.05) is 84.9 Å². The Kier molecular flexibility index (Phi) is 5.92. The number of benzene rings is 3. The summed E-state index contributed by atoms with van der Waals surface area (Å²) in [6, 6.07) is 27.1. The lowest BCUT2D eigenvalue weighted by molar-refractivity contribution is 0.403. The Morgan fingerprint density at radius 3 is 1.85 bits per heavy atom. The van der Waals surface area contributed by atoms with Crippen LogP contribution < -0.4 is 20.4 Å². The van der Waals surface area contributed by atoms with Gasteiger partial charge in [0, 0.05) is 22.2 Å². The average molecular weight is 365 g/mol. The summed E-state index contributed by atoms with van der Waals surface area (Å²) in [5, 5.41) is 5.09. The van der Waals surface area contributed by atoms with Crippen molar-refractivity contribution in [2.75, 3.05) is 7.11 Å². The molecule has 26 heavy (non-hydrogen) atoms. The highest BCUT2D eigenvalue weighted by Crippen LogP contribution is 2.43. The van der Waals surface area contributed by atoms with Crippen LogP contribution in [-0.4, -0.2) is 7.11 Å². The number of methoxy groups -OCH3 is 1.